The van der Waals surface area contributed by atoms with Crippen molar-refractivity contribution in [1.29, 1.82) is 0 Å². The van der Waals surface area contributed by atoms with Gasteiger partial charge in [-0.2, -0.15) is 9.59 Å². The Hall–Kier alpha value is -2.24. The van der Waals surface area contributed by atoms with E-state index in [0.717, 1.165) is 16.3 Å². The third-order valence-electron chi connectivity index (χ3n) is 2.49. The third-order valence-corrected chi connectivity index (χ3v) is 3.26. The number of nitrogens with zero attached hydrogens (tertiary/aromatic N) is 2. The molecule has 0 saturated heterocycles. The molecule has 2 aromatic rings. The highest BCUT2D eigenvalue weighted by atomic mass is 32.1. The maximum atomic E-state index is 11.8. The molecule has 0 saturated carbocycles. The van der Waals surface area contributed by atoms with E-state index in [9.17, 15) is 4.79 Å². The van der Waals surface area contributed by atoms with Crippen LogP contribution in [0, 0.1) is 6.92 Å². The summed E-state index contributed by atoms with van der Waals surface area (Å²) in [6.07, 6.45) is 2.18. The van der Waals surface area contributed by atoms with Crippen LogP contribution < -0.4 is 5.32 Å². The number of carbonyl (C=O) groups is 1. The first kappa shape index (κ1) is 15.8. The Morgan fingerprint density at radius 2 is 2.15 bits per heavy atom. The lowest BCUT2D eigenvalue weighted by Gasteiger charge is -2.01. The molecule has 0 aliphatic carbocycles. The van der Waals surface area contributed by atoms with E-state index in [-0.39, 0.29) is 12.1 Å². The lowest BCUT2D eigenvalue weighted by atomic mass is 10.2. The van der Waals surface area contributed by atoms with Gasteiger partial charge in [0.1, 0.15) is 5.69 Å². The van der Waals surface area contributed by atoms with E-state index in [2.05, 4.69) is 10.3 Å². The predicted molar refractivity (Wildman–Crippen MR) is 74.3 cm³/mol. The maximum absolute atomic E-state index is 11.8. The van der Waals surface area contributed by atoms with Crippen molar-refractivity contribution in [1.82, 2.24) is 14.9 Å². The molecule has 2 heterocycles. The van der Waals surface area contributed by atoms with Crippen molar-refractivity contribution in [3.8, 4) is 11.3 Å². The lowest BCUT2D eigenvalue weighted by Crippen LogP contribution is -2.24. The zero-order valence-electron chi connectivity index (χ0n) is 11.5. The zero-order valence-corrected chi connectivity index (χ0v) is 12.3. The smallest absolute Gasteiger partial charge is 0.351 e. The van der Waals surface area contributed by atoms with Crippen LogP contribution in [0.4, 0.5) is 0 Å². The molecule has 0 atom stereocenters. The summed E-state index contributed by atoms with van der Waals surface area (Å²) in [5.41, 5.74) is 2.57. The Labute approximate surface area is 120 Å². The van der Waals surface area contributed by atoms with E-state index in [1.54, 1.807) is 11.3 Å². The van der Waals surface area contributed by atoms with Crippen LogP contribution in [0.2, 0.25) is 0 Å². The number of hydrogen-bond acceptors (Lipinski definition) is 5. The van der Waals surface area contributed by atoms with Crippen LogP contribution in [-0.4, -0.2) is 28.2 Å². The molecule has 0 fully saturated rings. The number of thiazole rings is 1. The molecular formula is C13H15N3O3S. The standard InChI is InChI=1S/C12H15N3OS.CO2/c1-4-13-12(16)11-5-9(6-15(11)3)10-7-17-8(2)14-10;2-1-3/h5-7H,4H2,1-3H3,(H,13,16);. The van der Waals surface area contributed by atoms with Crippen LogP contribution in [-0.2, 0) is 16.6 Å². The van der Waals surface area contributed by atoms with Crippen LogP contribution in [0.15, 0.2) is 17.6 Å². The molecule has 1 N–H and O–H groups in total. The summed E-state index contributed by atoms with van der Waals surface area (Å²) in [5.74, 6) is -0.0480. The van der Waals surface area contributed by atoms with Gasteiger partial charge in [-0.15, -0.1) is 11.3 Å². The highest BCUT2D eigenvalue weighted by Gasteiger charge is 2.12. The van der Waals surface area contributed by atoms with Gasteiger partial charge in [0.2, 0.25) is 0 Å². The Morgan fingerprint density at radius 3 is 2.65 bits per heavy atom. The number of rotatable bonds is 3. The van der Waals surface area contributed by atoms with Gasteiger partial charge < -0.3 is 9.88 Å². The Balaban J connectivity index is 0.000000612. The summed E-state index contributed by atoms with van der Waals surface area (Å²) < 4.78 is 1.83. The molecule has 2 rings (SSSR count). The average Bonchev–Trinajstić information content (AvgIpc) is 2.97. The van der Waals surface area contributed by atoms with Crippen molar-refractivity contribution in [2.75, 3.05) is 6.54 Å². The monoisotopic (exact) mass is 293 g/mol. The fourth-order valence-corrected chi connectivity index (χ4v) is 2.30. The van der Waals surface area contributed by atoms with Gasteiger partial charge in [-0.05, 0) is 19.9 Å². The molecule has 0 aromatic carbocycles. The molecule has 0 bridgehead atoms. The summed E-state index contributed by atoms with van der Waals surface area (Å²) in [4.78, 5) is 32.4. The average molecular weight is 293 g/mol. The van der Waals surface area contributed by atoms with Crippen LogP contribution in [0.1, 0.15) is 22.4 Å². The van der Waals surface area contributed by atoms with Gasteiger partial charge in [0, 0.05) is 30.7 Å². The topological polar surface area (TPSA) is 81.1 Å². The van der Waals surface area contributed by atoms with E-state index < -0.39 is 0 Å². The molecule has 0 unspecified atom stereocenters. The number of aromatic nitrogens is 2. The number of carbonyl (C=O) groups excluding carboxylic acids is 3. The molecule has 0 aliphatic heterocycles. The predicted octanol–water partition coefficient (Wildman–Crippen LogP) is 1.62. The Bertz CT molecular complexity index is 625. The van der Waals surface area contributed by atoms with Gasteiger partial charge >= 0.3 is 6.15 Å². The van der Waals surface area contributed by atoms with Crippen LogP contribution in [0.5, 0.6) is 0 Å². The largest absolute Gasteiger partial charge is 0.373 e. The number of aryl methyl sites for hydroxylation is 2. The highest BCUT2D eigenvalue weighted by molar-refractivity contribution is 7.09. The van der Waals surface area contributed by atoms with E-state index in [4.69, 9.17) is 9.59 Å². The summed E-state index contributed by atoms with van der Waals surface area (Å²) >= 11 is 1.61. The van der Waals surface area contributed by atoms with Crippen LogP contribution in [0.25, 0.3) is 11.3 Å². The molecule has 20 heavy (non-hydrogen) atoms. The first-order valence-electron chi connectivity index (χ1n) is 5.89. The molecule has 0 spiro atoms. The van der Waals surface area contributed by atoms with E-state index in [1.807, 2.05) is 43.1 Å². The molecule has 0 radical (unpaired) electrons. The Kier molecular flexibility index (Phi) is 5.83. The highest BCUT2D eigenvalue weighted by Crippen LogP contribution is 2.23. The van der Waals surface area contributed by atoms with E-state index in [0.29, 0.717) is 12.2 Å². The number of hydrogen-bond donors (Lipinski definition) is 1. The first-order valence-corrected chi connectivity index (χ1v) is 6.77. The fourth-order valence-electron chi connectivity index (χ4n) is 1.68. The van der Waals surface area contributed by atoms with Crippen molar-refractivity contribution in [3.63, 3.8) is 0 Å². The second-order valence-corrected chi connectivity index (χ2v) is 4.98. The molecule has 7 heteroatoms. The van der Waals surface area contributed by atoms with E-state index in [1.165, 1.54) is 0 Å². The third kappa shape index (κ3) is 3.88. The Morgan fingerprint density at radius 1 is 1.50 bits per heavy atom. The second-order valence-electron chi connectivity index (χ2n) is 3.92. The maximum Gasteiger partial charge on any atom is 0.373 e. The van der Waals surface area contributed by atoms with Gasteiger partial charge in [-0.25, -0.2) is 4.98 Å². The van der Waals surface area contributed by atoms with Gasteiger partial charge in [0.05, 0.1) is 10.7 Å². The van der Waals surface area contributed by atoms with Crippen molar-refractivity contribution in [3.05, 3.63) is 28.3 Å². The van der Waals surface area contributed by atoms with Gasteiger partial charge in [0.25, 0.3) is 5.91 Å². The minimum Gasteiger partial charge on any atom is -0.351 e. The second kappa shape index (κ2) is 7.37. The van der Waals surface area contributed by atoms with E-state index >= 15 is 0 Å². The van der Waals surface area contributed by atoms with Crippen molar-refractivity contribution in [2.45, 2.75) is 13.8 Å². The fraction of sp³-hybridized carbons (Fsp3) is 0.308. The summed E-state index contributed by atoms with van der Waals surface area (Å²) in [6.45, 7) is 4.52. The molecule has 6 nitrogen and oxygen atoms in total. The molecule has 2 aromatic heterocycles. The van der Waals surface area contributed by atoms with Gasteiger partial charge in [-0.1, -0.05) is 0 Å². The lowest BCUT2D eigenvalue weighted by molar-refractivity contribution is -0.191. The van der Waals surface area contributed by atoms with Gasteiger partial charge in [-0.3, -0.25) is 4.79 Å². The van der Waals surface area contributed by atoms with Crippen LogP contribution >= 0.6 is 11.3 Å². The summed E-state index contributed by atoms with van der Waals surface area (Å²) in [5, 5.41) is 5.83. The molecule has 0 aliphatic rings. The summed E-state index contributed by atoms with van der Waals surface area (Å²) in [7, 11) is 1.87. The molecule has 1 amide bonds. The minimum absolute atomic E-state index is 0.0480. The normalized spacial score (nSPS) is 9.35. The number of amides is 1. The quantitative estimate of drug-likeness (QED) is 0.932. The molecule has 106 valence electrons. The summed E-state index contributed by atoms with van der Waals surface area (Å²) in [6, 6.07) is 1.87. The van der Waals surface area contributed by atoms with Gasteiger partial charge in [0.15, 0.2) is 0 Å². The SMILES string of the molecule is CCNC(=O)c1cc(-c2csc(C)n2)cn1C.O=C=O. The van der Waals surface area contributed by atoms with Crippen LogP contribution in [0.3, 0.4) is 0 Å². The minimum atomic E-state index is -0.0480. The van der Waals surface area contributed by atoms with Crippen molar-refractivity contribution < 1.29 is 14.4 Å². The molecular weight excluding hydrogens is 278 g/mol. The van der Waals surface area contributed by atoms with Crippen molar-refractivity contribution >= 4 is 23.4 Å². The first-order chi connectivity index (χ1) is 9.53. The number of nitrogens with one attached hydrogen (secondary N) is 1. The van der Waals surface area contributed by atoms with Crippen molar-refractivity contribution in [2.24, 2.45) is 7.05 Å². The zero-order chi connectivity index (χ0) is 15.1.